The number of thiophene rings is 1. The van der Waals surface area contributed by atoms with Gasteiger partial charge in [-0.25, -0.2) is 0 Å². The molecule has 2 aliphatic heterocycles. The molecule has 0 spiro atoms. The first-order valence-corrected chi connectivity index (χ1v) is 13.1. The van der Waals surface area contributed by atoms with Gasteiger partial charge in [0.15, 0.2) is 11.5 Å². The summed E-state index contributed by atoms with van der Waals surface area (Å²) in [5, 5.41) is 2.04. The lowest BCUT2D eigenvalue weighted by Crippen LogP contribution is -2.41. The molecule has 1 aromatic carbocycles. The van der Waals surface area contributed by atoms with Gasteiger partial charge in [0.1, 0.15) is 0 Å². The molecule has 4 rings (SSSR count). The van der Waals surface area contributed by atoms with E-state index in [-0.39, 0.29) is 17.9 Å². The predicted octanol–water partition coefficient (Wildman–Crippen LogP) is 3.99. The van der Waals surface area contributed by atoms with Crippen molar-refractivity contribution >= 4 is 34.9 Å². The standard InChI is InChI=1S/C24H30N2O4S2/c1-29-19-13-17-8-11-26(23(28)16-31-15-22(27)25-9-4-3-5-10-25)24(21-7-6-12-32-21)18(17)14-20(19)30-2/h6-7,12-14,24H,3-5,8-11,15-16H2,1-2H3. The van der Waals surface area contributed by atoms with Crippen LogP contribution >= 0.6 is 23.1 Å². The molecule has 32 heavy (non-hydrogen) atoms. The molecule has 6 nitrogen and oxygen atoms in total. The zero-order chi connectivity index (χ0) is 22.5. The first kappa shape index (κ1) is 23.0. The number of carbonyl (C=O) groups excluding carboxylic acids is 2. The van der Waals surface area contributed by atoms with Gasteiger partial charge in [0, 0.05) is 24.5 Å². The molecule has 1 saturated heterocycles. The molecular formula is C24H30N2O4S2. The highest BCUT2D eigenvalue weighted by Gasteiger charge is 2.34. The van der Waals surface area contributed by atoms with Crippen LogP contribution in [-0.2, 0) is 16.0 Å². The van der Waals surface area contributed by atoms with E-state index in [0.717, 1.165) is 42.8 Å². The third-order valence-electron chi connectivity index (χ3n) is 6.17. The number of likely N-dealkylation sites (tertiary alicyclic amines) is 1. The summed E-state index contributed by atoms with van der Waals surface area (Å²) < 4.78 is 11.0. The quantitative estimate of drug-likeness (QED) is 0.607. The van der Waals surface area contributed by atoms with Crippen LogP contribution in [0.1, 0.15) is 41.3 Å². The van der Waals surface area contributed by atoms with Gasteiger partial charge in [-0.15, -0.1) is 23.1 Å². The number of thioether (sulfide) groups is 1. The number of carbonyl (C=O) groups is 2. The Bertz CT molecular complexity index is 942. The fraction of sp³-hybridized carbons (Fsp3) is 0.500. The maximum Gasteiger partial charge on any atom is 0.233 e. The van der Waals surface area contributed by atoms with Crippen LogP contribution in [0.2, 0.25) is 0 Å². The van der Waals surface area contributed by atoms with Crippen LogP contribution in [0, 0.1) is 0 Å². The van der Waals surface area contributed by atoms with Crippen LogP contribution in [-0.4, -0.2) is 67.0 Å². The van der Waals surface area contributed by atoms with Crippen molar-refractivity contribution in [3.8, 4) is 11.5 Å². The first-order chi connectivity index (χ1) is 15.6. The zero-order valence-electron chi connectivity index (χ0n) is 18.7. The Hall–Kier alpha value is -2.19. The molecule has 3 heterocycles. The maximum atomic E-state index is 13.3. The number of ether oxygens (including phenoxy) is 2. The summed E-state index contributed by atoms with van der Waals surface area (Å²) in [6, 6.07) is 7.98. The van der Waals surface area contributed by atoms with Crippen molar-refractivity contribution < 1.29 is 19.1 Å². The largest absolute Gasteiger partial charge is 0.493 e. The Morgan fingerprint density at radius 2 is 1.75 bits per heavy atom. The molecule has 2 amide bonds. The number of nitrogens with zero attached hydrogens (tertiary/aromatic N) is 2. The second kappa shape index (κ2) is 10.6. The average molecular weight is 475 g/mol. The van der Waals surface area contributed by atoms with Crippen molar-refractivity contribution in [2.45, 2.75) is 31.7 Å². The molecule has 0 aliphatic carbocycles. The Balaban J connectivity index is 1.49. The summed E-state index contributed by atoms with van der Waals surface area (Å²) in [5.74, 6) is 2.28. The second-order valence-electron chi connectivity index (χ2n) is 8.10. The van der Waals surface area contributed by atoms with E-state index in [1.165, 1.54) is 23.7 Å². The lowest BCUT2D eigenvalue weighted by Gasteiger charge is -2.37. The summed E-state index contributed by atoms with van der Waals surface area (Å²) in [4.78, 5) is 30.8. The van der Waals surface area contributed by atoms with E-state index in [0.29, 0.717) is 29.5 Å². The lowest BCUT2D eigenvalue weighted by atomic mass is 9.91. The van der Waals surface area contributed by atoms with Crippen LogP contribution in [0.3, 0.4) is 0 Å². The SMILES string of the molecule is COc1cc2c(cc1OC)C(c1cccs1)N(C(=O)CSCC(=O)N1CCCCC1)CC2. The van der Waals surface area contributed by atoms with Crippen molar-refractivity contribution in [3.05, 3.63) is 45.6 Å². The van der Waals surface area contributed by atoms with Crippen molar-refractivity contribution in [3.63, 3.8) is 0 Å². The Kier molecular flexibility index (Phi) is 7.63. The van der Waals surface area contributed by atoms with Crippen molar-refractivity contribution in [2.24, 2.45) is 0 Å². The van der Waals surface area contributed by atoms with E-state index in [2.05, 4.69) is 6.07 Å². The van der Waals surface area contributed by atoms with E-state index in [9.17, 15) is 9.59 Å². The minimum Gasteiger partial charge on any atom is -0.493 e. The number of hydrogen-bond acceptors (Lipinski definition) is 6. The van der Waals surface area contributed by atoms with E-state index >= 15 is 0 Å². The van der Waals surface area contributed by atoms with E-state index in [1.54, 1.807) is 25.6 Å². The average Bonchev–Trinajstić information content (AvgIpc) is 3.37. The number of methoxy groups -OCH3 is 2. The molecule has 2 aromatic rings. The molecule has 1 unspecified atom stereocenters. The molecule has 172 valence electrons. The van der Waals surface area contributed by atoms with Gasteiger partial charge in [-0.3, -0.25) is 9.59 Å². The highest BCUT2D eigenvalue weighted by Crippen LogP contribution is 2.42. The van der Waals surface area contributed by atoms with Gasteiger partial charge < -0.3 is 19.3 Å². The molecule has 0 N–H and O–H groups in total. The number of benzene rings is 1. The molecule has 1 atom stereocenters. The van der Waals surface area contributed by atoms with Gasteiger partial charge in [0.2, 0.25) is 11.8 Å². The van der Waals surface area contributed by atoms with Crippen LogP contribution in [0.15, 0.2) is 29.6 Å². The number of amides is 2. The van der Waals surface area contributed by atoms with Gasteiger partial charge in [0.25, 0.3) is 0 Å². The fourth-order valence-corrected chi connectivity index (χ4v) is 6.17. The van der Waals surface area contributed by atoms with Gasteiger partial charge in [-0.05, 0) is 60.4 Å². The molecular weight excluding hydrogens is 444 g/mol. The Labute approximate surface area is 197 Å². The highest BCUT2D eigenvalue weighted by molar-refractivity contribution is 8.00. The molecule has 0 saturated carbocycles. The maximum absolute atomic E-state index is 13.3. The van der Waals surface area contributed by atoms with Crippen molar-refractivity contribution in [1.82, 2.24) is 9.80 Å². The third-order valence-corrected chi connectivity index (χ3v) is 7.99. The second-order valence-corrected chi connectivity index (χ2v) is 10.1. The number of hydrogen-bond donors (Lipinski definition) is 0. The van der Waals surface area contributed by atoms with Gasteiger partial charge in [0.05, 0.1) is 31.8 Å². The first-order valence-electron chi connectivity index (χ1n) is 11.1. The summed E-state index contributed by atoms with van der Waals surface area (Å²) in [6.45, 7) is 2.34. The number of fused-ring (bicyclic) bond motifs is 1. The smallest absolute Gasteiger partial charge is 0.233 e. The highest BCUT2D eigenvalue weighted by atomic mass is 32.2. The number of rotatable bonds is 7. The molecule has 1 aromatic heterocycles. The Morgan fingerprint density at radius 1 is 1.03 bits per heavy atom. The minimum absolute atomic E-state index is 0.0697. The summed E-state index contributed by atoms with van der Waals surface area (Å²) >= 11 is 3.08. The van der Waals surface area contributed by atoms with Crippen LogP contribution in [0.25, 0.3) is 0 Å². The normalized spacial score (nSPS) is 18.2. The van der Waals surface area contributed by atoms with Crippen LogP contribution in [0.4, 0.5) is 0 Å². The van der Waals surface area contributed by atoms with Crippen LogP contribution in [0.5, 0.6) is 11.5 Å². The molecule has 8 heteroatoms. The van der Waals surface area contributed by atoms with Crippen LogP contribution < -0.4 is 9.47 Å². The summed E-state index contributed by atoms with van der Waals surface area (Å²) in [5.41, 5.74) is 2.26. The van der Waals surface area contributed by atoms with Gasteiger partial charge in [-0.1, -0.05) is 6.07 Å². The van der Waals surface area contributed by atoms with E-state index < -0.39 is 0 Å². The third kappa shape index (κ3) is 4.91. The summed E-state index contributed by atoms with van der Waals surface area (Å²) in [6.07, 6.45) is 4.13. The molecule has 0 bridgehead atoms. The molecule has 0 radical (unpaired) electrons. The number of piperidine rings is 1. The molecule has 1 fully saturated rings. The van der Waals surface area contributed by atoms with E-state index in [1.807, 2.05) is 33.4 Å². The van der Waals surface area contributed by atoms with Gasteiger partial charge in [-0.2, -0.15) is 0 Å². The summed E-state index contributed by atoms with van der Waals surface area (Å²) in [7, 11) is 3.27. The van der Waals surface area contributed by atoms with E-state index in [4.69, 9.17) is 9.47 Å². The monoisotopic (exact) mass is 474 g/mol. The predicted molar refractivity (Wildman–Crippen MR) is 129 cm³/mol. The van der Waals surface area contributed by atoms with Gasteiger partial charge >= 0.3 is 0 Å². The molecule has 2 aliphatic rings. The van der Waals surface area contributed by atoms with Crippen molar-refractivity contribution in [2.75, 3.05) is 45.4 Å². The topological polar surface area (TPSA) is 59.1 Å². The fourth-order valence-electron chi connectivity index (χ4n) is 4.51. The Morgan fingerprint density at radius 3 is 2.44 bits per heavy atom. The van der Waals surface area contributed by atoms with Crippen molar-refractivity contribution in [1.29, 1.82) is 0 Å². The zero-order valence-corrected chi connectivity index (χ0v) is 20.3. The minimum atomic E-state index is -0.149. The lowest BCUT2D eigenvalue weighted by molar-refractivity contribution is -0.130.